The molecule has 1 aliphatic rings. The van der Waals surface area contributed by atoms with E-state index in [9.17, 15) is 4.79 Å². The largest absolute Gasteiger partial charge is 0.444 e. The van der Waals surface area contributed by atoms with Crippen molar-refractivity contribution in [2.45, 2.75) is 39.7 Å². The Balaban J connectivity index is 2.13. The molecule has 0 spiro atoms. The van der Waals surface area contributed by atoms with Crippen LogP contribution in [0.3, 0.4) is 0 Å². The summed E-state index contributed by atoms with van der Waals surface area (Å²) in [7, 11) is 1.77. The maximum atomic E-state index is 12.1. The van der Waals surface area contributed by atoms with Gasteiger partial charge in [0.25, 0.3) is 0 Å². The number of guanidine groups is 1. The fourth-order valence-electron chi connectivity index (χ4n) is 2.60. The molecular weight excluding hydrogens is 334 g/mol. The van der Waals surface area contributed by atoms with Crippen LogP contribution in [-0.2, 0) is 9.47 Å². The van der Waals surface area contributed by atoms with E-state index in [1.165, 1.54) is 0 Å². The number of carbonyl (C=O) groups is 1. The molecule has 0 bridgehead atoms. The number of rotatable bonds is 8. The molecule has 1 amide bonds. The molecule has 8 heteroatoms. The molecule has 0 aromatic carbocycles. The molecule has 0 aromatic rings. The van der Waals surface area contributed by atoms with Crippen molar-refractivity contribution >= 4 is 12.1 Å². The minimum absolute atomic E-state index is 0.208. The summed E-state index contributed by atoms with van der Waals surface area (Å²) in [6.07, 6.45) is 0.819. The Labute approximate surface area is 158 Å². The fraction of sp³-hybridized carbons (Fsp3) is 0.889. The quantitative estimate of drug-likeness (QED) is 0.378. The Morgan fingerprint density at radius 2 is 1.77 bits per heavy atom. The van der Waals surface area contributed by atoms with Gasteiger partial charge >= 0.3 is 6.09 Å². The summed E-state index contributed by atoms with van der Waals surface area (Å²) in [4.78, 5) is 20.4. The molecule has 152 valence electrons. The first-order chi connectivity index (χ1) is 12.4. The molecule has 1 fully saturated rings. The summed E-state index contributed by atoms with van der Waals surface area (Å²) >= 11 is 0. The predicted octanol–water partition coefficient (Wildman–Crippen LogP) is 1.13. The van der Waals surface area contributed by atoms with Gasteiger partial charge in [-0.05, 0) is 40.7 Å². The van der Waals surface area contributed by atoms with Crippen LogP contribution in [0, 0.1) is 0 Å². The third-order valence-corrected chi connectivity index (χ3v) is 3.93. The Morgan fingerprint density at radius 1 is 1.12 bits per heavy atom. The topological polar surface area (TPSA) is 78.4 Å². The van der Waals surface area contributed by atoms with E-state index in [4.69, 9.17) is 9.47 Å². The zero-order chi connectivity index (χ0) is 19.4. The number of aliphatic imine (C=N–C) groups is 1. The number of piperazine rings is 1. The monoisotopic (exact) mass is 371 g/mol. The Kier molecular flexibility index (Phi) is 10.3. The second kappa shape index (κ2) is 12.0. The molecule has 0 radical (unpaired) electrons. The fourth-order valence-corrected chi connectivity index (χ4v) is 2.60. The number of carbonyl (C=O) groups excluding carboxylic acids is 1. The van der Waals surface area contributed by atoms with Crippen molar-refractivity contribution in [2.24, 2.45) is 4.99 Å². The molecule has 2 N–H and O–H groups in total. The lowest BCUT2D eigenvalue weighted by atomic mass is 10.2. The predicted molar refractivity (Wildman–Crippen MR) is 105 cm³/mol. The van der Waals surface area contributed by atoms with Gasteiger partial charge in [0.1, 0.15) is 5.60 Å². The first-order valence-corrected chi connectivity index (χ1v) is 9.58. The van der Waals surface area contributed by atoms with Crippen molar-refractivity contribution in [2.75, 3.05) is 66.1 Å². The number of hydrogen-bond acceptors (Lipinski definition) is 5. The Bertz CT molecular complexity index is 429. The van der Waals surface area contributed by atoms with Crippen LogP contribution in [0.2, 0.25) is 0 Å². The maximum absolute atomic E-state index is 12.1. The smallest absolute Gasteiger partial charge is 0.410 e. The van der Waals surface area contributed by atoms with E-state index >= 15 is 0 Å². The van der Waals surface area contributed by atoms with Crippen LogP contribution in [0.4, 0.5) is 4.79 Å². The highest BCUT2D eigenvalue weighted by Gasteiger charge is 2.25. The van der Waals surface area contributed by atoms with E-state index in [2.05, 4.69) is 20.5 Å². The SMILES string of the molecule is CCOCCNC(=NC)NCCCN1CCN(C(=O)OC(C)(C)C)CC1. The zero-order valence-corrected chi connectivity index (χ0v) is 17.1. The van der Waals surface area contributed by atoms with E-state index in [1.807, 2.05) is 27.7 Å². The van der Waals surface area contributed by atoms with Crippen molar-refractivity contribution in [1.82, 2.24) is 20.4 Å². The third kappa shape index (κ3) is 9.82. The number of amides is 1. The van der Waals surface area contributed by atoms with Crippen LogP contribution >= 0.6 is 0 Å². The van der Waals surface area contributed by atoms with E-state index < -0.39 is 5.60 Å². The van der Waals surface area contributed by atoms with E-state index in [0.29, 0.717) is 6.61 Å². The second-order valence-electron chi connectivity index (χ2n) is 7.29. The summed E-state index contributed by atoms with van der Waals surface area (Å²) in [5, 5.41) is 6.53. The van der Waals surface area contributed by atoms with Gasteiger partial charge in [-0.15, -0.1) is 0 Å². The second-order valence-corrected chi connectivity index (χ2v) is 7.29. The average molecular weight is 372 g/mol. The van der Waals surface area contributed by atoms with Crippen molar-refractivity contribution in [1.29, 1.82) is 0 Å². The zero-order valence-electron chi connectivity index (χ0n) is 17.1. The summed E-state index contributed by atoms with van der Waals surface area (Å²) in [6.45, 7) is 14.9. The Hall–Kier alpha value is -1.54. The molecule has 0 atom stereocenters. The van der Waals surface area contributed by atoms with Crippen LogP contribution in [-0.4, -0.2) is 93.5 Å². The van der Waals surface area contributed by atoms with Gasteiger partial charge in [-0.3, -0.25) is 9.89 Å². The normalized spacial score (nSPS) is 16.5. The van der Waals surface area contributed by atoms with Gasteiger partial charge in [0.2, 0.25) is 0 Å². The van der Waals surface area contributed by atoms with Gasteiger partial charge in [-0.25, -0.2) is 4.79 Å². The van der Waals surface area contributed by atoms with E-state index in [0.717, 1.165) is 64.8 Å². The first-order valence-electron chi connectivity index (χ1n) is 9.58. The lowest BCUT2D eigenvalue weighted by Crippen LogP contribution is -2.50. The van der Waals surface area contributed by atoms with Crippen LogP contribution in [0.15, 0.2) is 4.99 Å². The summed E-state index contributed by atoms with van der Waals surface area (Å²) in [5.41, 5.74) is -0.435. The van der Waals surface area contributed by atoms with Crippen LogP contribution in [0.5, 0.6) is 0 Å². The van der Waals surface area contributed by atoms with Crippen LogP contribution < -0.4 is 10.6 Å². The molecule has 1 aliphatic heterocycles. The lowest BCUT2D eigenvalue weighted by Gasteiger charge is -2.35. The molecule has 0 unspecified atom stereocenters. The maximum Gasteiger partial charge on any atom is 0.410 e. The highest BCUT2D eigenvalue weighted by Crippen LogP contribution is 2.11. The molecule has 1 rings (SSSR count). The van der Waals surface area contributed by atoms with Crippen molar-refractivity contribution < 1.29 is 14.3 Å². The van der Waals surface area contributed by atoms with Crippen molar-refractivity contribution in [3.8, 4) is 0 Å². The summed E-state index contributed by atoms with van der Waals surface area (Å²) < 4.78 is 10.7. The highest BCUT2D eigenvalue weighted by molar-refractivity contribution is 5.79. The van der Waals surface area contributed by atoms with Gasteiger partial charge in [-0.2, -0.15) is 0 Å². The summed E-state index contributed by atoms with van der Waals surface area (Å²) in [5.74, 6) is 0.805. The molecule has 0 aliphatic carbocycles. The van der Waals surface area contributed by atoms with Gasteiger partial charge in [0.15, 0.2) is 5.96 Å². The standard InChI is InChI=1S/C18H37N5O3/c1-6-25-15-9-21-16(19-5)20-8-7-10-22-11-13-23(14-12-22)17(24)26-18(2,3)4/h6-15H2,1-5H3,(H2,19,20,21). The number of nitrogens with zero attached hydrogens (tertiary/aromatic N) is 3. The molecule has 26 heavy (non-hydrogen) atoms. The average Bonchev–Trinajstić information content (AvgIpc) is 2.59. The lowest BCUT2D eigenvalue weighted by molar-refractivity contribution is 0.0145. The van der Waals surface area contributed by atoms with Gasteiger partial charge in [0, 0.05) is 52.9 Å². The minimum atomic E-state index is -0.435. The molecule has 0 aromatic heterocycles. The first kappa shape index (κ1) is 22.5. The molecule has 1 saturated heterocycles. The highest BCUT2D eigenvalue weighted by atomic mass is 16.6. The van der Waals surface area contributed by atoms with Crippen LogP contribution in [0.1, 0.15) is 34.1 Å². The minimum Gasteiger partial charge on any atom is -0.444 e. The number of hydrogen-bond donors (Lipinski definition) is 2. The molecule has 0 saturated carbocycles. The number of nitrogens with one attached hydrogen (secondary N) is 2. The summed E-state index contributed by atoms with van der Waals surface area (Å²) in [6, 6.07) is 0. The third-order valence-electron chi connectivity index (χ3n) is 3.93. The van der Waals surface area contributed by atoms with Crippen molar-refractivity contribution in [3.05, 3.63) is 0 Å². The number of ether oxygens (including phenoxy) is 2. The van der Waals surface area contributed by atoms with E-state index in [-0.39, 0.29) is 6.09 Å². The van der Waals surface area contributed by atoms with Gasteiger partial charge < -0.3 is 25.0 Å². The molecule has 8 nitrogen and oxygen atoms in total. The molecule has 1 heterocycles. The van der Waals surface area contributed by atoms with Crippen molar-refractivity contribution in [3.63, 3.8) is 0 Å². The van der Waals surface area contributed by atoms with E-state index in [1.54, 1.807) is 11.9 Å². The van der Waals surface area contributed by atoms with Gasteiger partial charge in [-0.1, -0.05) is 0 Å². The van der Waals surface area contributed by atoms with Crippen LogP contribution in [0.25, 0.3) is 0 Å². The Morgan fingerprint density at radius 3 is 2.35 bits per heavy atom. The van der Waals surface area contributed by atoms with Gasteiger partial charge in [0.05, 0.1) is 6.61 Å². The molecular formula is C18H37N5O3.